The van der Waals surface area contributed by atoms with Gasteiger partial charge in [0.1, 0.15) is 12.2 Å². The summed E-state index contributed by atoms with van der Waals surface area (Å²) in [5, 5.41) is 40.9. The molecule has 0 aromatic carbocycles. The maximum absolute atomic E-state index is 14.8. The summed E-state index contributed by atoms with van der Waals surface area (Å²) in [6.45, 7) is 7.14. The molecule has 1 unspecified atom stereocenters. The lowest BCUT2D eigenvalue weighted by molar-refractivity contribution is -0.180. The zero-order valence-electron chi connectivity index (χ0n) is 23.6. The third-order valence-corrected chi connectivity index (χ3v) is 7.30. The van der Waals surface area contributed by atoms with Gasteiger partial charge in [-0.3, -0.25) is 28.9 Å². The van der Waals surface area contributed by atoms with Crippen LogP contribution in [0.1, 0.15) is 60.8 Å². The van der Waals surface area contributed by atoms with Crippen LogP contribution < -0.4 is 5.73 Å². The molecule has 7 atom stereocenters. The molecule has 0 aliphatic heterocycles. The van der Waals surface area contributed by atoms with Gasteiger partial charge in [-0.15, -0.1) is 0 Å². The Balaban J connectivity index is 8.13. The average Bonchev–Trinajstić information content (AvgIpc) is 2.84. The SMILES string of the molecule is CCC(N)C(=O)C[C@@](C(=O)[C@H](C)O)(C(=O)[C@@](C(=O)[C@](C)(O)C(=O)O)([C@H](C)CC)N(C)C(=O)[C@@H](C)O)N(C)C. The van der Waals surface area contributed by atoms with E-state index in [9.17, 15) is 49.2 Å². The molecule has 0 saturated carbocycles. The van der Waals surface area contributed by atoms with Gasteiger partial charge in [0.2, 0.25) is 11.4 Å². The summed E-state index contributed by atoms with van der Waals surface area (Å²) in [6.07, 6.45) is -4.48. The molecule has 218 valence electrons. The second-order valence-corrected chi connectivity index (χ2v) is 10.1. The molecule has 0 saturated heterocycles. The monoisotopic (exact) mass is 545 g/mol. The first-order chi connectivity index (χ1) is 17.2. The number of likely N-dealkylation sites (N-methyl/N-ethyl adjacent to an activating group) is 2. The molecule has 0 radical (unpaired) electrons. The van der Waals surface area contributed by atoms with Crippen LogP contribution in [0, 0.1) is 5.92 Å². The minimum Gasteiger partial charge on any atom is -0.479 e. The number of aliphatic carboxylic acids is 1. The smallest absolute Gasteiger partial charge is 0.343 e. The first-order valence-electron chi connectivity index (χ1n) is 12.4. The summed E-state index contributed by atoms with van der Waals surface area (Å²) in [5.41, 5.74) is -2.89. The number of hydrogen-bond donors (Lipinski definition) is 5. The van der Waals surface area contributed by atoms with Crippen molar-refractivity contribution in [2.24, 2.45) is 11.7 Å². The molecule has 13 nitrogen and oxygen atoms in total. The maximum Gasteiger partial charge on any atom is 0.343 e. The van der Waals surface area contributed by atoms with Crippen molar-refractivity contribution in [1.82, 2.24) is 9.80 Å². The van der Waals surface area contributed by atoms with Gasteiger partial charge in [0.25, 0.3) is 5.91 Å². The zero-order valence-corrected chi connectivity index (χ0v) is 23.6. The highest BCUT2D eigenvalue weighted by Gasteiger charge is 2.68. The predicted molar refractivity (Wildman–Crippen MR) is 136 cm³/mol. The van der Waals surface area contributed by atoms with E-state index in [1.165, 1.54) is 27.9 Å². The Kier molecular flexibility index (Phi) is 12.1. The van der Waals surface area contributed by atoms with E-state index >= 15 is 0 Å². The normalized spacial score (nSPS) is 19.6. The van der Waals surface area contributed by atoms with E-state index in [-0.39, 0.29) is 12.8 Å². The Morgan fingerprint density at radius 3 is 1.66 bits per heavy atom. The number of aliphatic hydroxyl groups excluding tert-OH is 2. The third-order valence-electron chi connectivity index (χ3n) is 7.30. The highest BCUT2D eigenvalue weighted by Crippen LogP contribution is 2.40. The Hall–Kier alpha value is -2.58. The second-order valence-electron chi connectivity index (χ2n) is 10.1. The number of amides is 1. The van der Waals surface area contributed by atoms with Crippen LogP contribution in [0.2, 0.25) is 0 Å². The van der Waals surface area contributed by atoms with Crippen LogP contribution >= 0.6 is 0 Å². The van der Waals surface area contributed by atoms with Crippen LogP contribution in [-0.4, -0.2) is 121 Å². The van der Waals surface area contributed by atoms with E-state index in [1.54, 1.807) is 6.92 Å². The number of carbonyl (C=O) groups excluding carboxylic acids is 5. The van der Waals surface area contributed by atoms with E-state index in [0.717, 1.165) is 25.8 Å². The molecule has 6 N–H and O–H groups in total. The molecule has 13 heteroatoms. The summed E-state index contributed by atoms with van der Waals surface area (Å²) in [5.74, 6) is -9.55. The fourth-order valence-electron chi connectivity index (χ4n) is 4.54. The standard InChI is InChI=1S/C25H43N3O10/c1-10-13(3)25(28(9)19(33)15(5)30,20(34)23(6,38)22(36)37)21(35)24(27(7)8,18(32)14(4)29)12-17(31)16(26)11-2/h13-16,29-30,38H,10-12,26H2,1-9H3,(H,36,37)/t13-,14+,15-,16?,23+,24-,25+/m1/s1. The van der Waals surface area contributed by atoms with Gasteiger partial charge in [-0.1, -0.05) is 27.2 Å². The van der Waals surface area contributed by atoms with Gasteiger partial charge in [-0.2, -0.15) is 0 Å². The van der Waals surface area contributed by atoms with E-state index < -0.39 is 82.3 Å². The molecule has 0 spiro atoms. The Bertz CT molecular complexity index is 946. The molecule has 0 aliphatic carbocycles. The first kappa shape index (κ1) is 35.4. The van der Waals surface area contributed by atoms with Crippen molar-refractivity contribution in [3.05, 3.63) is 0 Å². The molecule has 0 rings (SSSR count). The highest BCUT2D eigenvalue weighted by molar-refractivity contribution is 6.30. The highest BCUT2D eigenvalue weighted by atomic mass is 16.4. The van der Waals surface area contributed by atoms with Crippen LogP contribution in [0.5, 0.6) is 0 Å². The van der Waals surface area contributed by atoms with E-state index in [4.69, 9.17) is 5.73 Å². The van der Waals surface area contributed by atoms with Crippen molar-refractivity contribution in [3.8, 4) is 0 Å². The van der Waals surface area contributed by atoms with Gasteiger partial charge in [-0.25, -0.2) is 4.79 Å². The van der Waals surface area contributed by atoms with Gasteiger partial charge in [0, 0.05) is 13.5 Å². The number of nitrogens with two attached hydrogens (primary N) is 1. The summed E-state index contributed by atoms with van der Waals surface area (Å²) < 4.78 is 0. The number of carboxylic acids is 1. The Morgan fingerprint density at radius 2 is 1.34 bits per heavy atom. The second kappa shape index (κ2) is 13.0. The van der Waals surface area contributed by atoms with E-state index in [2.05, 4.69) is 0 Å². The van der Waals surface area contributed by atoms with Crippen LogP contribution in [0.4, 0.5) is 0 Å². The fraction of sp³-hybridized carbons (Fsp3) is 0.760. The number of hydrogen-bond acceptors (Lipinski definition) is 11. The van der Waals surface area contributed by atoms with E-state index in [1.807, 2.05) is 0 Å². The number of carboxylic acid groups (broad SMARTS) is 1. The van der Waals surface area contributed by atoms with Crippen molar-refractivity contribution >= 4 is 35.0 Å². The van der Waals surface area contributed by atoms with Gasteiger partial charge < -0.3 is 31.1 Å². The molecule has 0 heterocycles. The topological polar surface area (TPSA) is 216 Å². The molecule has 0 fully saturated rings. The minimum absolute atomic E-state index is 0.0561. The summed E-state index contributed by atoms with van der Waals surface area (Å²) >= 11 is 0. The van der Waals surface area contributed by atoms with Gasteiger partial charge >= 0.3 is 5.97 Å². The molecular weight excluding hydrogens is 502 g/mol. The van der Waals surface area contributed by atoms with Crippen LogP contribution in [0.15, 0.2) is 0 Å². The quantitative estimate of drug-likeness (QED) is 0.141. The number of aliphatic hydroxyl groups is 3. The lowest BCUT2D eigenvalue weighted by atomic mass is 9.62. The number of ketones is 4. The zero-order chi connectivity index (χ0) is 30.5. The lowest BCUT2D eigenvalue weighted by Crippen LogP contribution is -2.78. The molecule has 0 aliphatic rings. The van der Waals surface area contributed by atoms with Crippen LogP contribution in [0.25, 0.3) is 0 Å². The lowest BCUT2D eigenvalue weighted by Gasteiger charge is -2.51. The maximum atomic E-state index is 14.8. The summed E-state index contributed by atoms with van der Waals surface area (Å²) in [6, 6.07) is -1.13. The number of carbonyl (C=O) groups is 6. The summed E-state index contributed by atoms with van der Waals surface area (Å²) in [4.78, 5) is 82.2. The number of Topliss-reactive ketones (excluding diaryl/α,β-unsaturated/α-hetero) is 4. The molecule has 1 amide bonds. The largest absolute Gasteiger partial charge is 0.479 e. The van der Waals surface area contributed by atoms with Crippen molar-refractivity contribution in [2.75, 3.05) is 21.1 Å². The van der Waals surface area contributed by atoms with Crippen molar-refractivity contribution in [1.29, 1.82) is 0 Å². The number of rotatable bonds is 16. The molecule has 0 bridgehead atoms. The number of nitrogens with zero attached hydrogens (tertiary/aromatic N) is 2. The third kappa shape index (κ3) is 6.01. The minimum atomic E-state index is -3.25. The fourth-order valence-corrected chi connectivity index (χ4v) is 4.54. The van der Waals surface area contributed by atoms with Crippen molar-refractivity contribution in [3.63, 3.8) is 0 Å². The van der Waals surface area contributed by atoms with Crippen LogP contribution in [0.3, 0.4) is 0 Å². The first-order valence-corrected chi connectivity index (χ1v) is 12.4. The Morgan fingerprint density at radius 1 is 0.868 bits per heavy atom. The molecular formula is C25H43N3O10. The van der Waals surface area contributed by atoms with Crippen molar-refractivity contribution < 1.29 is 49.2 Å². The van der Waals surface area contributed by atoms with Crippen molar-refractivity contribution in [2.45, 2.75) is 95.7 Å². The van der Waals surface area contributed by atoms with Gasteiger partial charge in [-0.05, 0) is 47.2 Å². The molecule has 0 aromatic rings. The van der Waals surface area contributed by atoms with Crippen LogP contribution in [-0.2, 0) is 28.8 Å². The summed E-state index contributed by atoms with van der Waals surface area (Å²) in [7, 11) is 3.43. The average molecular weight is 546 g/mol. The Labute approximate surface area is 223 Å². The molecule has 38 heavy (non-hydrogen) atoms. The van der Waals surface area contributed by atoms with E-state index in [0.29, 0.717) is 11.8 Å². The molecule has 0 aromatic heterocycles. The van der Waals surface area contributed by atoms with Gasteiger partial charge in [0.15, 0.2) is 28.4 Å². The van der Waals surface area contributed by atoms with Gasteiger partial charge in [0.05, 0.1) is 6.04 Å². The predicted octanol–water partition coefficient (Wildman–Crippen LogP) is -1.47.